The number of primary amides is 1. The molecule has 0 bridgehead atoms. The van der Waals surface area contributed by atoms with Crippen molar-refractivity contribution in [3.05, 3.63) is 63.9 Å². The summed E-state index contributed by atoms with van der Waals surface area (Å²) >= 11 is 11.9. The van der Waals surface area contributed by atoms with Gasteiger partial charge in [-0.3, -0.25) is 14.3 Å². The lowest BCUT2D eigenvalue weighted by molar-refractivity contribution is -0.125. The van der Waals surface area contributed by atoms with Gasteiger partial charge in [0.15, 0.2) is 5.82 Å². The van der Waals surface area contributed by atoms with E-state index in [0.717, 1.165) is 48.4 Å². The number of halogens is 1. The normalized spacial score (nSPS) is 17.2. The highest BCUT2D eigenvalue weighted by Gasteiger charge is 2.28. The second-order valence-electron chi connectivity index (χ2n) is 7.60. The molecule has 1 atom stereocenters. The Hall–Kier alpha value is -2.48. The number of likely N-dealkylation sites (tertiary alicyclic amines) is 1. The van der Waals surface area contributed by atoms with Gasteiger partial charge in [-0.15, -0.1) is 5.10 Å². The fourth-order valence-corrected chi connectivity index (χ4v) is 4.38. The second kappa shape index (κ2) is 8.71. The zero-order valence-corrected chi connectivity index (χ0v) is 18.4. The van der Waals surface area contributed by atoms with Gasteiger partial charge in [-0.05, 0) is 67.9 Å². The Morgan fingerprint density at radius 3 is 2.63 bits per heavy atom. The SMILES string of the molecule is Cc1ccccc1-n1c(-c2ccc(Cl)cc2)nn(CN2CCCCC2C(N)=O)c1=S. The van der Waals surface area contributed by atoms with Gasteiger partial charge in [0.05, 0.1) is 18.4 Å². The molecule has 1 aliphatic heterocycles. The van der Waals surface area contributed by atoms with E-state index in [2.05, 4.69) is 4.90 Å². The molecule has 1 aromatic heterocycles. The Balaban J connectivity index is 1.82. The first-order valence-electron chi connectivity index (χ1n) is 10.0. The molecule has 8 heteroatoms. The molecule has 4 rings (SSSR count). The predicted molar refractivity (Wildman–Crippen MR) is 121 cm³/mol. The summed E-state index contributed by atoms with van der Waals surface area (Å²) < 4.78 is 4.34. The molecule has 2 aromatic carbocycles. The van der Waals surface area contributed by atoms with Crippen LogP contribution in [-0.4, -0.2) is 37.7 Å². The van der Waals surface area contributed by atoms with Crippen LogP contribution in [0, 0.1) is 11.7 Å². The number of rotatable bonds is 5. The van der Waals surface area contributed by atoms with Crippen molar-refractivity contribution < 1.29 is 4.79 Å². The summed E-state index contributed by atoms with van der Waals surface area (Å²) in [7, 11) is 0. The number of hydrogen-bond donors (Lipinski definition) is 1. The molecule has 2 N–H and O–H groups in total. The molecular weight excluding hydrogens is 418 g/mol. The second-order valence-corrected chi connectivity index (χ2v) is 8.40. The first-order chi connectivity index (χ1) is 14.5. The molecule has 30 heavy (non-hydrogen) atoms. The number of amides is 1. The van der Waals surface area contributed by atoms with Crippen LogP contribution >= 0.6 is 23.8 Å². The number of aryl methyl sites for hydroxylation is 1. The molecule has 0 saturated carbocycles. The lowest BCUT2D eigenvalue weighted by atomic mass is 10.0. The summed E-state index contributed by atoms with van der Waals surface area (Å²) in [5.41, 5.74) is 8.63. The lowest BCUT2D eigenvalue weighted by Crippen LogP contribution is -2.48. The van der Waals surface area contributed by atoms with Gasteiger partial charge in [-0.25, -0.2) is 4.68 Å². The molecule has 1 unspecified atom stereocenters. The first kappa shape index (κ1) is 20.8. The van der Waals surface area contributed by atoms with Gasteiger partial charge in [0.25, 0.3) is 0 Å². The molecular formula is C22H24ClN5OS. The number of carbonyl (C=O) groups is 1. The highest BCUT2D eigenvalue weighted by atomic mass is 35.5. The first-order valence-corrected chi connectivity index (χ1v) is 10.8. The van der Waals surface area contributed by atoms with Crippen molar-refractivity contribution >= 4 is 29.7 Å². The summed E-state index contributed by atoms with van der Waals surface area (Å²) in [6.07, 6.45) is 2.80. The van der Waals surface area contributed by atoms with Crippen LogP contribution < -0.4 is 5.73 Å². The zero-order valence-electron chi connectivity index (χ0n) is 16.8. The maximum absolute atomic E-state index is 11.9. The average Bonchev–Trinajstić information content (AvgIpc) is 3.05. The third-order valence-electron chi connectivity index (χ3n) is 5.56. The lowest BCUT2D eigenvalue weighted by Gasteiger charge is -2.33. The zero-order chi connectivity index (χ0) is 21.3. The topological polar surface area (TPSA) is 69.1 Å². The Bertz CT molecular complexity index is 1120. The van der Waals surface area contributed by atoms with Crippen molar-refractivity contribution in [2.24, 2.45) is 5.73 Å². The van der Waals surface area contributed by atoms with E-state index in [1.807, 2.05) is 60.0 Å². The van der Waals surface area contributed by atoms with E-state index >= 15 is 0 Å². The third kappa shape index (κ3) is 4.05. The van der Waals surface area contributed by atoms with Crippen molar-refractivity contribution in [2.45, 2.75) is 38.9 Å². The number of para-hydroxylation sites is 1. The largest absolute Gasteiger partial charge is 0.368 e. The fraction of sp³-hybridized carbons (Fsp3) is 0.318. The smallest absolute Gasteiger partial charge is 0.234 e. The quantitative estimate of drug-likeness (QED) is 0.598. The molecule has 1 amide bonds. The van der Waals surface area contributed by atoms with Crippen LogP contribution in [0.3, 0.4) is 0 Å². The van der Waals surface area contributed by atoms with Crippen molar-refractivity contribution in [3.8, 4) is 17.1 Å². The van der Waals surface area contributed by atoms with Gasteiger partial charge >= 0.3 is 0 Å². The van der Waals surface area contributed by atoms with Crippen LogP contribution in [0.25, 0.3) is 17.1 Å². The number of hydrogen-bond acceptors (Lipinski definition) is 4. The van der Waals surface area contributed by atoms with Crippen LogP contribution in [0.1, 0.15) is 24.8 Å². The van der Waals surface area contributed by atoms with E-state index < -0.39 is 0 Å². The van der Waals surface area contributed by atoms with Crippen molar-refractivity contribution in [3.63, 3.8) is 0 Å². The van der Waals surface area contributed by atoms with Crippen molar-refractivity contribution in [2.75, 3.05) is 6.54 Å². The van der Waals surface area contributed by atoms with Gasteiger partial charge in [0.1, 0.15) is 0 Å². The monoisotopic (exact) mass is 441 g/mol. The number of aromatic nitrogens is 3. The Morgan fingerprint density at radius 1 is 1.20 bits per heavy atom. The molecule has 1 aliphatic rings. The van der Waals surface area contributed by atoms with Gasteiger partial charge < -0.3 is 5.73 Å². The Kier molecular flexibility index (Phi) is 6.04. The Labute approximate surface area is 185 Å². The molecule has 0 spiro atoms. The number of carbonyl (C=O) groups excluding carboxylic acids is 1. The molecule has 156 valence electrons. The van der Waals surface area contributed by atoms with E-state index in [4.69, 9.17) is 34.7 Å². The molecule has 3 aromatic rings. The van der Waals surface area contributed by atoms with Crippen molar-refractivity contribution in [1.29, 1.82) is 0 Å². The maximum atomic E-state index is 11.9. The van der Waals surface area contributed by atoms with E-state index in [0.29, 0.717) is 16.5 Å². The van der Waals surface area contributed by atoms with E-state index in [1.165, 1.54) is 0 Å². The summed E-state index contributed by atoms with van der Waals surface area (Å²) in [5.74, 6) is 0.441. The minimum absolute atomic E-state index is 0.289. The molecule has 6 nitrogen and oxygen atoms in total. The number of nitrogens with zero attached hydrogens (tertiary/aromatic N) is 4. The summed E-state index contributed by atoms with van der Waals surface area (Å²) in [4.78, 5) is 14.0. The van der Waals surface area contributed by atoms with Crippen molar-refractivity contribution in [1.82, 2.24) is 19.2 Å². The summed E-state index contributed by atoms with van der Waals surface area (Å²) in [5, 5.41) is 5.52. The standard InChI is InChI=1S/C22H24ClN5OS/c1-15-6-2-3-7-18(15)28-21(16-9-11-17(23)12-10-16)25-27(22(28)30)14-26-13-5-4-8-19(26)20(24)29/h2-3,6-7,9-12,19H,4-5,8,13-14H2,1H3,(H2,24,29). The highest BCUT2D eigenvalue weighted by Crippen LogP contribution is 2.26. The van der Waals surface area contributed by atoms with Gasteiger partial charge in [0.2, 0.25) is 10.7 Å². The van der Waals surface area contributed by atoms with Gasteiger partial charge in [-0.2, -0.15) is 0 Å². The maximum Gasteiger partial charge on any atom is 0.234 e. The van der Waals surface area contributed by atoms with Crippen LogP contribution in [0.15, 0.2) is 48.5 Å². The fourth-order valence-electron chi connectivity index (χ4n) is 3.97. The average molecular weight is 442 g/mol. The summed E-state index contributed by atoms with van der Waals surface area (Å²) in [6.45, 7) is 3.27. The van der Waals surface area contributed by atoms with Gasteiger partial charge in [-0.1, -0.05) is 36.2 Å². The minimum atomic E-state index is -0.294. The molecule has 1 fully saturated rings. The van der Waals surface area contributed by atoms with Crippen LogP contribution in [0.2, 0.25) is 5.02 Å². The molecule has 2 heterocycles. The highest BCUT2D eigenvalue weighted by molar-refractivity contribution is 7.71. The Morgan fingerprint density at radius 2 is 1.93 bits per heavy atom. The van der Waals surface area contributed by atoms with Crippen LogP contribution in [0.5, 0.6) is 0 Å². The minimum Gasteiger partial charge on any atom is -0.368 e. The number of benzene rings is 2. The predicted octanol–water partition coefficient (Wildman–Crippen LogP) is 4.33. The van der Waals surface area contributed by atoms with E-state index in [9.17, 15) is 4.79 Å². The number of piperidine rings is 1. The van der Waals surface area contributed by atoms with E-state index in [-0.39, 0.29) is 11.9 Å². The van der Waals surface area contributed by atoms with Crippen LogP contribution in [0.4, 0.5) is 0 Å². The number of nitrogens with two attached hydrogens (primary N) is 1. The third-order valence-corrected chi connectivity index (χ3v) is 6.20. The molecule has 0 aliphatic carbocycles. The van der Waals surface area contributed by atoms with Gasteiger partial charge in [0, 0.05) is 17.1 Å². The van der Waals surface area contributed by atoms with E-state index in [1.54, 1.807) is 4.68 Å². The molecule has 0 radical (unpaired) electrons. The van der Waals surface area contributed by atoms with Crippen LogP contribution in [-0.2, 0) is 11.5 Å². The molecule has 1 saturated heterocycles. The summed E-state index contributed by atoms with van der Waals surface area (Å²) in [6, 6.07) is 15.3.